The SMILES string of the molecule is CCOCCN(CC)C(=O)/C=C/c1ccc(N)cc1. The summed E-state index contributed by atoms with van der Waals surface area (Å²) in [4.78, 5) is 13.7. The van der Waals surface area contributed by atoms with Crippen molar-refractivity contribution in [1.29, 1.82) is 0 Å². The van der Waals surface area contributed by atoms with Crippen LogP contribution in [0.2, 0.25) is 0 Å². The van der Waals surface area contributed by atoms with E-state index in [1.165, 1.54) is 0 Å². The molecule has 0 spiro atoms. The van der Waals surface area contributed by atoms with Crippen LogP contribution in [0.4, 0.5) is 5.69 Å². The highest BCUT2D eigenvalue weighted by atomic mass is 16.5. The lowest BCUT2D eigenvalue weighted by Crippen LogP contribution is -2.32. The Morgan fingerprint density at radius 2 is 2.00 bits per heavy atom. The molecule has 0 bridgehead atoms. The van der Waals surface area contributed by atoms with E-state index in [0.717, 1.165) is 11.3 Å². The molecule has 19 heavy (non-hydrogen) atoms. The molecule has 1 aromatic rings. The normalized spacial score (nSPS) is 10.8. The summed E-state index contributed by atoms with van der Waals surface area (Å²) in [6, 6.07) is 7.40. The Bertz CT molecular complexity index is 413. The number of carbonyl (C=O) groups is 1. The number of likely N-dealkylation sites (N-methyl/N-ethyl adjacent to an activating group) is 1. The maximum atomic E-state index is 12.0. The number of hydrogen-bond donors (Lipinski definition) is 1. The summed E-state index contributed by atoms with van der Waals surface area (Å²) in [6.07, 6.45) is 3.38. The minimum atomic E-state index is -0.000900. The summed E-state index contributed by atoms with van der Waals surface area (Å²) >= 11 is 0. The monoisotopic (exact) mass is 262 g/mol. The second-order valence-electron chi connectivity index (χ2n) is 4.11. The largest absolute Gasteiger partial charge is 0.399 e. The standard InChI is InChI=1S/C15H22N2O2/c1-3-17(11-12-19-4-2)15(18)10-7-13-5-8-14(16)9-6-13/h5-10H,3-4,11-12,16H2,1-2H3/b10-7+. The van der Waals surface area contributed by atoms with Crippen LogP contribution in [-0.4, -0.2) is 37.1 Å². The molecule has 1 amide bonds. The van der Waals surface area contributed by atoms with Crippen LogP contribution in [0, 0.1) is 0 Å². The van der Waals surface area contributed by atoms with Crippen LogP contribution in [0.25, 0.3) is 6.08 Å². The van der Waals surface area contributed by atoms with Crippen molar-refractivity contribution in [2.45, 2.75) is 13.8 Å². The highest BCUT2D eigenvalue weighted by molar-refractivity contribution is 5.91. The highest BCUT2D eigenvalue weighted by Gasteiger charge is 2.07. The van der Waals surface area contributed by atoms with Crippen LogP contribution in [0.1, 0.15) is 19.4 Å². The van der Waals surface area contributed by atoms with E-state index in [4.69, 9.17) is 10.5 Å². The van der Waals surface area contributed by atoms with Gasteiger partial charge in [-0.2, -0.15) is 0 Å². The van der Waals surface area contributed by atoms with Gasteiger partial charge in [-0.15, -0.1) is 0 Å². The summed E-state index contributed by atoms with van der Waals surface area (Å²) in [7, 11) is 0. The highest BCUT2D eigenvalue weighted by Crippen LogP contribution is 2.07. The molecule has 0 aliphatic rings. The fourth-order valence-corrected chi connectivity index (χ4v) is 1.62. The van der Waals surface area contributed by atoms with E-state index in [9.17, 15) is 4.79 Å². The van der Waals surface area contributed by atoms with Crippen LogP contribution >= 0.6 is 0 Å². The summed E-state index contributed by atoms with van der Waals surface area (Å²) in [6.45, 7) is 6.45. The maximum Gasteiger partial charge on any atom is 0.246 e. The van der Waals surface area contributed by atoms with Crippen molar-refractivity contribution in [3.8, 4) is 0 Å². The van der Waals surface area contributed by atoms with Gasteiger partial charge in [0.25, 0.3) is 0 Å². The molecule has 2 N–H and O–H groups in total. The average molecular weight is 262 g/mol. The van der Waals surface area contributed by atoms with Gasteiger partial charge >= 0.3 is 0 Å². The lowest BCUT2D eigenvalue weighted by atomic mass is 10.2. The molecule has 0 unspecified atom stereocenters. The Kier molecular flexibility index (Phi) is 6.68. The molecule has 1 rings (SSSR count). The molecule has 0 saturated heterocycles. The number of nitrogen functional groups attached to an aromatic ring is 1. The predicted molar refractivity (Wildman–Crippen MR) is 78.6 cm³/mol. The van der Waals surface area contributed by atoms with Crippen molar-refractivity contribution < 1.29 is 9.53 Å². The average Bonchev–Trinajstić information content (AvgIpc) is 2.43. The Morgan fingerprint density at radius 3 is 2.58 bits per heavy atom. The number of benzene rings is 1. The second-order valence-corrected chi connectivity index (χ2v) is 4.11. The number of amides is 1. The van der Waals surface area contributed by atoms with E-state index in [1.54, 1.807) is 17.1 Å². The Labute approximate surface area is 114 Å². The van der Waals surface area contributed by atoms with Crippen molar-refractivity contribution in [3.05, 3.63) is 35.9 Å². The summed E-state index contributed by atoms with van der Waals surface area (Å²) < 4.78 is 5.26. The predicted octanol–water partition coefficient (Wildman–Crippen LogP) is 2.17. The van der Waals surface area contributed by atoms with E-state index in [0.29, 0.717) is 26.3 Å². The van der Waals surface area contributed by atoms with Gasteiger partial charge in [0.05, 0.1) is 6.61 Å². The van der Waals surface area contributed by atoms with E-state index < -0.39 is 0 Å². The first kappa shape index (κ1) is 15.2. The fourth-order valence-electron chi connectivity index (χ4n) is 1.62. The van der Waals surface area contributed by atoms with Gasteiger partial charge in [0, 0.05) is 31.5 Å². The fraction of sp³-hybridized carbons (Fsp3) is 0.400. The third-order valence-electron chi connectivity index (χ3n) is 2.76. The van der Waals surface area contributed by atoms with E-state index in [-0.39, 0.29) is 5.91 Å². The van der Waals surface area contributed by atoms with Crippen molar-refractivity contribution in [2.24, 2.45) is 0 Å². The smallest absolute Gasteiger partial charge is 0.246 e. The molecule has 4 nitrogen and oxygen atoms in total. The number of hydrogen-bond acceptors (Lipinski definition) is 3. The first-order valence-corrected chi connectivity index (χ1v) is 6.57. The number of carbonyl (C=O) groups excluding carboxylic acids is 1. The molecule has 0 atom stereocenters. The number of rotatable bonds is 7. The Morgan fingerprint density at radius 1 is 1.32 bits per heavy atom. The van der Waals surface area contributed by atoms with Crippen molar-refractivity contribution in [1.82, 2.24) is 4.90 Å². The van der Waals surface area contributed by atoms with Crippen LogP contribution in [-0.2, 0) is 9.53 Å². The van der Waals surface area contributed by atoms with Crippen molar-refractivity contribution in [3.63, 3.8) is 0 Å². The van der Waals surface area contributed by atoms with Gasteiger partial charge in [0.1, 0.15) is 0 Å². The van der Waals surface area contributed by atoms with Crippen LogP contribution < -0.4 is 5.73 Å². The first-order chi connectivity index (χ1) is 9.17. The molecule has 0 fully saturated rings. The van der Waals surface area contributed by atoms with E-state index in [1.807, 2.05) is 38.1 Å². The lowest BCUT2D eigenvalue weighted by molar-refractivity contribution is -0.126. The van der Waals surface area contributed by atoms with Crippen molar-refractivity contribution in [2.75, 3.05) is 32.0 Å². The maximum absolute atomic E-state index is 12.0. The molecule has 0 aliphatic heterocycles. The third-order valence-corrected chi connectivity index (χ3v) is 2.76. The second kappa shape index (κ2) is 8.32. The van der Waals surface area contributed by atoms with Gasteiger partial charge in [0.2, 0.25) is 5.91 Å². The first-order valence-electron chi connectivity index (χ1n) is 6.57. The molecule has 1 aromatic carbocycles. The van der Waals surface area contributed by atoms with Gasteiger partial charge in [-0.3, -0.25) is 4.79 Å². The molecule has 104 valence electrons. The van der Waals surface area contributed by atoms with Gasteiger partial charge < -0.3 is 15.4 Å². The molecular weight excluding hydrogens is 240 g/mol. The minimum absolute atomic E-state index is 0.000900. The molecular formula is C15H22N2O2. The zero-order valence-electron chi connectivity index (χ0n) is 11.6. The van der Waals surface area contributed by atoms with Crippen LogP contribution in [0.5, 0.6) is 0 Å². The summed E-state index contributed by atoms with van der Waals surface area (Å²) in [5.74, 6) is -0.000900. The number of nitrogens with two attached hydrogens (primary N) is 1. The van der Waals surface area contributed by atoms with Gasteiger partial charge in [-0.1, -0.05) is 12.1 Å². The minimum Gasteiger partial charge on any atom is -0.399 e. The molecule has 0 aliphatic carbocycles. The molecule has 0 heterocycles. The number of anilines is 1. The Balaban J connectivity index is 2.53. The number of ether oxygens (including phenoxy) is 1. The quantitative estimate of drug-likeness (QED) is 0.465. The van der Waals surface area contributed by atoms with Crippen molar-refractivity contribution >= 4 is 17.7 Å². The van der Waals surface area contributed by atoms with Crippen LogP contribution in [0.3, 0.4) is 0 Å². The Hall–Kier alpha value is -1.81. The molecule has 0 saturated carbocycles. The van der Waals surface area contributed by atoms with Gasteiger partial charge in [-0.05, 0) is 37.6 Å². The molecule has 4 heteroatoms. The van der Waals surface area contributed by atoms with Gasteiger partial charge in [-0.25, -0.2) is 0 Å². The third kappa shape index (κ3) is 5.57. The van der Waals surface area contributed by atoms with Crippen LogP contribution in [0.15, 0.2) is 30.3 Å². The zero-order chi connectivity index (χ0) is 14.1. The topological polar surface area (TPSA) is 55.6 Å². The molecule has 0 aromatic heterocycles. The number of nitrogens with zero attached hydrogens (tertiary/aromatic N) is 1. The lowest BCUT2D eigenvalue weighted by Gasteiger charge is -2.18. The molecule has 0 radical (unpaired) electrons. The van der Waals surface area contributed by atoms with E-state index in [2.05, 4.69) is 0 Å². The van der Waals surface area contributed by atoms with Gasteiger partial charge in [0.15, 0.2) is 0 Å². The van der Waals surface area contributed by atoms with E-state index >= 15 is 0 Å². The summed E-state index contributed by atoms with van der Waals surface area (Å²) in [5, 5.41) is 0. The summed E-state index contributed by atoms with van der Waals surface area (Å²) in [5.41, 5.74) is 7.29. The zero-order valence-corrected chi connectivity index (χ0v) is 11.6.